The number of ether oxygens (including phenoxy) is 2. The van der Waals surface area contributed by atoms with Crippen LogP contribution in [0.2, 0.25) is 0 Å². The summed E-state index contributed by atoms with van der Waals surface area (Å²) in [6.07, 6.45) is 3.86. The number of anilines is 1. The fourth-order valence-electron chi connectivity index (χ4n) is 3.49. The van der Waals surface area contributed by atoms with Crippen LogP contribution in [0.15, 0.2) is 42.5 Å². The van der Waals surface area contributed by atoms with Crippen molar-refractivity contribution in [1.29, 1.82) is 0 Å². The second kappa shape index (κ2) is 8.80. The van der Waals surface area contributed by atoms with Crippen molar-refractivity contribution in [2.75, 3.05) is 39.3 Å². The second-order valence-corrected chi connectivity index (χ2v) is 6.94. The third-order valence-electron chi connectivity index (χ3n) is 5.06. The first kappa shape index (κ1) is 19.1. The summed E-state index contributed by atoms with van der Waals surface area (Å²) in [4.78, 5) is 17.0. The SMILES string of the molecule is COc1ccc(C(=O)N(C)Cc2ccc(N3CCCCC3)cc2)c(OC)c1. The summed E-state index contributed by atoms with van der Waals surface area (Å²) in [6.45, 7) is 2.82. The van der Waals surface area contributed by atoms with Gasteiger partial charge in [0.25, 0.3) is 5.91 Å². The van der Waals surface area contributed by atoms with Gasteiger partial charge in [0.2, 0.25) is 0 Å². The topological polar surface area (TPSA) is 42.0 Å². The summed E-state index contributed by atoms with van der Waals surface area (Å²) in [7, 11) is 4.96. The van der Waals surface area contributed by atoms with Gasteiger partial charge in [0.1, 0.15) is 11.5 Å². The van der Waals surface area contributed by atoms with Crippen molar-refractivity contribution in [3.8, 4) is 11.5 Å². The lowest BCUT2D eigenvalue weighted by Gasteiger charge is -2.29. The largest absolute Gasteiger partial charge is 0.497 e. The molecule has 0 spiro atoms. The van der Waals surface area contributed by atoms with E-state index in [1.54, 1.807) is 37.3 Å². The highest BCUT2D eigenvalue weighted by Gasteiger charge is 2.18. The van der Waals surface area contributed by atoms with E-state index >= 15 is 0 Å². The highest BCUT2D eigenvalue weighted by molar-refractivity contribution is 5.97. The van der Waals surface area contributed by atoms with E-state index in [9.17, 15) is 4.79 Å². The molecule has 0 atom stereocenters. The Hall–Kier alpha value is -2.69. The van der Waals surface area contributed by atoms with Gasteiger partial charge < -0.3 is 19.3 Å². The van der Waals surface area contributed by atoms with E-state index in [2.05, 4.69) is 29.2 Å². The zero-order chi connectivity index (χ0) is 19.2. The Bertz CT molecular complexity index is 768. The molecule has 1 heterocycles. The number of carbonyl (C=O) groups is 1. The van der Waals surface area contributed by atoms with Crippen molar-refractivity contribution in [2.24, 2.45) is 0 Å². The van der Waals surface area contributed by atoms with Crippen LogP contribution in [0.4, 0.5) is 5.69 Å². The average Bonchev–Trinajstić information content (AvgIpc) is 2.73. The maximum absolute atomic E-state index is 12.8. The first-order valence-electron chi connectivity index (χ1n) is 9.43. The Morgan fingerprint density at radius 3 is 2.33 bits per heavy atom. The molecule has 0 radical (unpaired) electrons. The number of amides is 1. The van der Waals surface area contributed by atoms with Gasteiger partial charge in [0, 0.05) is 38.4 Å². The molecule has 5 nitrogen and oxygen atoms in total. The first-order chi connectivity index (χ1) is 13.1. The summed E-state index contributed by atoms with van der Waals surface area (Å²) in [5, 5.41) is 0. The van der Waals surface area contributed by atoms with Crippen molar-refractivity contribution in [1.82, 2.24) is 4.90 Å². The van der Waals surface area contributed by atoms with E-state index in [-0.39, 0.29) is 5.91 Å². The number of benzene rings is 2. The van der Waals surface area contributed by atoms with Gasteiger partial charge in [0.05, 0.1) is 19.8 Å². The van der Waals surface area contributed by atoms with Crippen molar-refractivity contribution >= 4 is 11.6 Å². The second-order valence-electron chi connectivity index (χ2n) is 6.94. The normalized spacial score (nSPS) is 14.0. The molecule has 2 aromatic rings. The van der Waals surface area contributed by atoms with Crippen LogP contribution in [0, 0.1) is 0 Å². The Labute approximate surface area is 161 Å². The minimum atomic E-state index is -0.0744. The number of piperidine rings is 1. The van der Waals surface area contributed by atoms with Gasteiger partial charge in [-0.2, -0.15) is 0 Å². The lowest BCUT2D eigenvalue weighted by atomic mass is 10.1. The molecule has 1 saturated heterocycles. The average molecular weight is 368 g/mol. The molecular weight excluding hydrogens is 340 g/mol. The molecule has 3 rings (SSSR count). The maximum Gasteiger partial charge on any atom is 0.257 e. The van der Waals surface area contributed by atoms with Crippen molar-refractivity contribution in [3.63, 3.8) is 0 Å². The lowest BCUT2D eigenvalue weighted by Crippen LogP contribution is -2.29. The summed E-state index contributed by atoms with van der Waals surface area (Å²) in [5.41, 5.74) is 2.91. The van der Waals surface area contributed by atoms with Crippen LogP contribution >= 0.6 is 0 Å². The standard InChI is InChI=1S/C22H28N2O3/c1-23(22(25)20-12-11-19(26-2)15-21(20)27-3)16-17-7-9-18(10-8-17)24-13-5-4-6-14-24/h7-12,15H,4-6,13-14,16H2,1-3H3. The number of methoxy groups -OCH3 is 2. The minimum absolute atomic E-state index is 0.0744. The van der Waals surface area contributed by atoms with Crippen molar-refractivity contribution in [3.05, 3.63) is 53.6 Å². The smallest absolute Gasteiger partial charge is 0.257 e. The molecule has 2 aromatic carbocycles. The molecule has 0 unspecified atom stereocenters. The molecule has 0 N–H and O–H groups in total. The monoisotopic (exact) mass is 368 g/mol. The Kier molecular flexibility index (Phi) is 6.22. The van der Waals surface area contributed by atoms with Gasteiger partial charge in [-0.1, -0.05) is 12.1 Å². The zero-order valence-corrected chi connectivity index (χ0v) is 16.4. The molecule has 1 aliphatic rings. The van der Waals surface area contributed by atoms with E-state index in [1.165, 1.54) is 24.9 Å². The van der Waals surface area contributed by atoms with Gasteiger partial charge in [-0.15, -0.1) is 0 Å². The molecule has 144 valence electrons. The number of rotatable bonds is 6. The molecule has 1 amide bonds. The number of nitrogens with zero attached hydrogens (tertiary/aromatic N) is 2. The molecule has 0 aromatic heterocycles. The van der Waals surface area contributed by atoms with E-state index in [0.717, 1.165) is 18.7 Å². The van der Waals surface area contributed by atoms with Gasteiger partial charge in [-0.25, -0.2) is 0 Å². The number of carbonyl (C=O) groups excluding carboxylic acids is 1. The van der Waals surface area contributed by atoms with E-state index < -0.39 is 0 Å². The molecule has 0 aliphatic carbocycles. The predicted octanol–water partition coefficient (Wildman–Crippen LogP) is 3.97. The zero-order valence-electron chi connectivity index (χ0n) is 16.4. The third kappa shape index (κ3) is 4.54. The highest BCUT2D eigenvalue weighted by Crippen LogP contribution is 2.26. The lowest BCUT2D eigenvalue weighted by molar-refractivity contribution is 0.0781. The number of hydrogen-bond donors (Lipinski definition) is 0. The van der Waals surface area contributed by atoms with Gasteiger partial charge in [0.15, 0.2) is 0 Å². The van der Waals surface area contributed by atoms with Crippen LogP contribution in [-0.4, -0.2) is 45.2 Å². The molecule has 5 heteroatoms. The van der Waals surface area contributed by atoms with Gasteiger partial charge >= 0.3 is 0 Å². The Morgan fingerprint density at radius 1 is 1.00 bits per heavy atom. The summed E-state index contributed by atoms with van der Waals surface area (Å²) in [5.74, 6) is 1.11. The van der Waals surface area contributed by atoms with Crippen LogP contribution < -0.4 is 14.4 Å². The third-order valence-corrected chi connectivity index (χ3v) is 5.06. The first-order valence-corrected chi connectivity index (χ1v) is 9.43. The Morgan fingerprint density at radius 2 is 1.70 bits per heavy atom. The van der Waals surface area contributed by atoms with E-state index in [4.69, 9.17) is 9.47 Å². The molecule has 1 aliphatic heterocycles. The molecule has 1 fully saturated rings. The summed E-state index contributed by atoms with van der Waals surface area (Å²) in [6, 6.07) is 13.8. The van der Waals surface area contributed by atoms with Crippen LogP contribution in [0.5, 0.6) is 11.5 Å². The van der Waals surface area contributed by atoms with Gasteiger partial charge in [-0.05, 0) is 49.1 Å². The van der Waals surface area contributed by atoms with Crippen molar-refractivity contribution < 1.29 is 14.3 Å². The molecular formula is C22H28N2O3. The maximum atomic E-state index is 12.8. The fraction of sp³-hybridized carbons (Fsp3) is 0.409. The molecule has 0 saturated carbocycles. The van der Waals surface area contributed by atoms with Crippen molar-refractivity contribution in [2.45, 2.75) is 25.8 Å². The summed E-state index contributed by atoms with van der Waals surface area (Å²) < 4.78 is 10.6. The van der Waals surface area contributed by atoms with Crippen LogP contribution in [0.1, 0.15) is 35.2 Å². The van der Waals surface area contributed by atoms with E-state index in [0.29, 0.717) is 23.6 Å². The molecule has 27 heavy (non-hydrogen) atoms. The minimum Gasteiger partial charge on any atom is -0.497 e. The van der Waals surface area contributed by atoms with Crippen LogP contribution in [-0.2, 0) is 6.54 Å². The fourth-order valence-corrected chi connectivity index (χ4v) is 3.49. The molecule has 0 bridgehead atoms. The quantitative estimate of drug-likeness (QED) is 0.774. The van der Waals surface area contributed by atoms with Crippen LogP contribution in [0.25, 0.3) is 0 Å². The summed E-state index contributed by atoms with van der Waals surface area (Å²) >= 11 is 0. The Balaban J connectivity index is 1.67. The predicted molar refractivity (Wildman–Crippen MR) is 108 cm³/mol. The number of hydrogen-bond acceptors (Lipinski definition) is 4. The highest BCUT2D eigenvalue weighted by atomic mass is 16.5. The van der Waals surface area contributed by atoms with Crippen LogP contribution in [0.3, 0.4) is 0 Å². The van der Waals surface area contributed by atoms with E-state index in [1.807, 2.05) is 7.05 Å². The van der Waals surface area contributed by atoms with Gasteiger partial charge in [-0.3, -0.25) is 4.79 Å².